The number of amides is 1. The van der Waals surface area contributed by atoms with Gasteiger partial charge in [-0.2, -0.15) is 4.31 Å². The number of benzene rings is 3. The van der Waals surface area contributed by atoms with E-state index in [-0.39, 0.29) is 41.8 Å². The molecule has 12 heteroatoms. The summed E-state index contributed by atoms with van der Waals surface area (Å²) in [4.78, 5) is 29.5. The Labute approximate surface area is 240 Å². The standard InChI is InChI=1S/C28H24ClN3O6S2/c29-24-11-10-22(40(35,36)32-12-14-37-15-13-32)16-23(24)27(34)38-17-26(33)31-28-30-25(18-39-28)21-8-6-20(7-9-21)19-4-2-1-3-5-19/h1-11,16,18H,12-15,17H2,(H,30,31,33). The Bertz CT molecular complexity index is 1620. The molecule has 1 aliphatic heterocycles. The lowest BCUT2D eigenvalue weighted by Crippen LogP contribution is -2.40. The highest BCUT2D eigenvalue weighted by atomic mass is 35.5. The Balaban J connectivity index is 1.19. The van der Waals surface area contributed by atoms with Crippen LogP contribution in [0.25, 0.3) is 22.4 Å². The van der Waals surface area contributed by atoms with Crippen molar-refractivity contribution in [2.75, 3.05) is 38.2 Å². The van der Waals surface area contributed by atoms with Crippen LogP contribution < -0.4 is 5.32 Å². The van der Waals surface area contributed by atoms with Crippen molar-refractivity contribution < 1.29 is 27.5 Å². The molecule has 3 aromatic carbocycles. The molecule has 5 rings (SSSR count). The number of thiazole rings is 1. The Morgan fingerprint density at radius 2 is 1.65 bits per heavy atom. The van der Waals surface area contributed by atoms with Crippen LogP contribution in [-0.4, -0.2) is 62.5 Å². The predicted molar refractivity (Wildman–Crippen MR) is 153 cm³/mol. The van der Waals surface area contributed by atoms with Gasteiger partial charge >= 0.3 is 5.97 Å². The molecule has 40 heavy (non-hydrogen) atoms. The van der Waals surface area contributed by atoms with Crippen molar-refractivity contribution in [3.05, 3.63) is 88.8 Å². The van der Waals surface area contributed by atoms with Gasteiger partial charge in [-0.25, -0.2) is 18.2 Å². The van der Waals surface area contributed by atoms with Crippen LogP contribution in [0.5, 0.6) is 0 Å². The Kier molecular flexibility index (Phi) is 8.57. The minimum Gasteiger partial charge on any atom is -0.452 e. The third-order valence-corrected chi connectivity index (χ3v) is 9.12. The highest BCUT2D eigenvalue weighted by molar-refractivity contribution is 7.89. The molecule has 0 unspecified atom stereocenters. The summed E-state index contributed by atoms with van der Waals surface area (Å²) < 4.78 is 37.5. The lowest BCUT2D eigenvalue weighted by atomic mass is 10.0. The molecule has 1 saturated heterocycles. The summed E-state index contributed by atoms with van der Waals surface area (Å²) in [6.07, 6.45) is 0. The molecule has 9 nitrogen and oxygen atoms in total. The van der Waals surface area contributed by atoms with Crippen molar-refractivity contribution in [1.82, 2.24) is 9.29 Å². The average molecular weight is 598 g/mol. The minimum absolute atomic E-state index is 0.00850. The number of esters is 1. The first-order valence-electron chi connectivity index (χ1n) is 12.3. The van der Waals surface area contributed by atoms with Gasteiger partial charge in [0.05, 0.1) is 34.4 Å². The molecular weight excluding hydrogens is 574 g/mol. The van der Waals surface area contributed by atoms with E-state index in [1.807, 2.05) is 60.0 Å². The lowest BCUT2D eigenvalue weighted by Gasteiger charge is -2.26. The van der Waals surface area contributed by atoms with Gasteiger partial charge in [0, 0.05) is 24.0 Å². The van der Waals surface area contributed by atoms with Crippen molar-refractivity contribution in [1.29, 1.82) is 0 Å². The summed E-state index contributed by atoms with van der Waals surface area (Å²) >= 11 is 7.38. The number of nitrogens with zero attached hydrogens (tertiary/aromatic N) is 2. The van der Waals surface area contributed by atoms with Gasteiger partial charge in [0.2, 0.25) is 10.0 Å². The van der Waals surface area contributed by atoms with E-state index in [0.29, 0.717) is 10.8 Å². The van der Waals surface area contributed by atoms with Gasteiger partial charge in [-0.3, -0.25) is 10.1 Å². The minimum atomic E-state index is -3.84. The molecule has 4 aromatic rings. The number of hydrogen-bond acceptors (Lipinski definition) is 8. The number of rotatable bonds is 8. The molecule has 0 spiro atoms. The van der Waals surface area contributed by atoms with Crippen LogP contribution in [0.4, 0.5) is 5.13 Å². The molecule has 2 heterocycles. The number of ether oxygens (including phenoxy) is 2. The lowest BCUT2D eigenvalue weighted by molar-refractivity contribution is -0.119. The van der Waals surface area contributed by atoms with E-state index >= 15 is 0 Å². The molecule has 0 aliphatic carbocycles. The van der Waals surface area contributed by atoms with Gasteiger partial charge in [-0.15, -0.1) is 11.3 Å². The van der Waals surface area contributed by atoms with E-state index in [1.165, 1.54) is 27.8 Å². The SMILES string of the molecule is O=C(COC(=O)c1cc(S(=O)(=O)N2CCOCC2)ccc1Cl)Nc1nc(-c2ccc(-c3ccccc3)cc2)cs1. The third kappa shape index (κ3) is 6.40. The quantitative estimate of drug-likeness (QED) is 0.286. The van der Waals surface area contributed by atoms with Gasteiger partial charge in [0.1, 0.15) is 0 Å². The van der Waals surface area contributed by atoms with Crippen LogP contribution in [0.15, 0.2) is 83.1 Å². The predicted octanol–water partition coefficient (Wildman–Crippen LogP) is 4.95. The molecule has 1 fully saturated rings. The molecule has 0 saturated carbocycles. The van der Waals surface area contributed by atoms with Crippen molar-refractivity contribution >= 4 is 50.0 Å². The Morgan fingerprint density at radius 3 is 2.38 bits per heavy atom. The van der Waals surface area contributed by atoms with Crippen molar-refractivity contribution in [3.8, 4) is 22.4 Å². The summed E-state index contributed by atoms with van der Waals surface area (Å²) in [5, 5.41) is 4.79. The van der Waals surface area contributed by atoms with E-state index in [9.17, 15) is 18.0 Å². The molecule has 1 aliphatic rings. The number of sulfonamides is 1. The molecule has 1 amide bonds. The van der Waals surface area contributed by atoms with E-state index < -0.39 is 28.5 Å². The normalized spacial score (nSPS) is 14.0. The molecule has 206 valence electrons. The number of halogens is 1. The highest BCUT2D eigenvalue weighted by Crippen LogP contribution is 2.28. The summed E-state index contributed by atoms with van der Waals surface area (Å²) in [6.45, 7) is 0.400. The molecule has 1 N–H and O–H groups in total. The number of carbonyl (C=O) groups is 2. The molecule has 0 bridgehead atoms. The second-order valence-corrected chi connectivity index (χ2v) is 12.0. The zero-order valence-corrected chi connectivity index (χ0v) is 23.5. The van der Waals surface area contributed by atoms with E-state index in [4.69, 9.17) is 21.1 Å². The Hall–Kier alpha value is -3.61. The monoisotopic (exact) mass is 597 g/mol. The molecule has 0 radical (unpaired) electrons. The highest BCUT2D eigenvalue weighted by Gasteiger charge is 2.28. The average Bonchev–Trinajstić information content (AvgIpc) is 3.45. The van der Waals surface area contributed by atoms with Crippen LogP contribution >= 0.6 is 22.9 Å². The second-order valence-electron chi connectivity index (χ2n) is 8.76. The number of carbonyl (C=O) groups excluding carboxylic acids is 2. The van der Waals surface area contributed by atoms with E-state index in [0.717, 1.165) is 22.8 Å². The fraction of sp³-hybridized carbons (Fsp3) is 0.179. The maximum Gasteiger partial charge on any atom is 0.340 e. The summed E-state index contributed by atoms with van der Waals surface area (Å²) in [6, 6.07) is 21.7. The number of anilines is 1. The molecule has 0 atom stereocenters. The van der Waals surface area contributed by atoms with Crippen LogP contribution in [0.3, 0.4) is 0 Å². The van der Waals surface area contributed by atoms with Crippen LogP contribution in [-0.2, 0) is 24.3 Å². The topological polar surface area (TPSA) is 115 Å². The first-order chi connectivity index (χ1) is 19.3. The van der Waals surface area contributed by atoms with Crippen LogP contribution in [0.2, 0.25) is 5.02 Å². The largest absolute Gasteiger partial charge is 0.452 e. The van der Waals surface area contributed by atoms with E-state index in [2.05, 4.69) is 10.3 Å². The smallest absolute Gasteiger partial charge is 0.340 e. The third-order valence-electron chi connectivity index (χ3n) is 6.14. The van der Waals surface area contributed by atoms with Crippen LogP contribution in [0.1, 0.15) is 10.4 Å². The van der Waals surface area contributed by atoms with Crippen molar-refractivity contribution in [2.45, 2.75) is 4.90 Å². The first-order valence-corrected chi connectivity index (χ1v) is 15.0. The van der Waals surface area contributed by atoms with Gasteiger partial charge in [0.25, 0.3) is 5.91 Å². The summed E-state index contributed by atoms with van der Waals surface area (Å²) in [7, 11) is -3.84. The number of aromatic nitrogens is 1. The number of nitrogens with one attached hydrogen (secondary N) is 1. The first kappa shape index (κ1) is 27.9. The second kappa shape index (κ2) is 12.3. The fourth-order valence-electron chi connectivity index (χ4n) is 4.05. The zero-order chi connectivity index (χ0) is 28.1. The summed E-state index contributed by atoms with van der Waals surface area (Å²) in [5.41, 5.74) is 3.63. The number of hydrogen-bond donors (Lipinski definition) is 1. The van der Waals surface area contributed by atoms with Crippen molar-refractivity contribution in [2.24, 2.45) is 0 Å². The van der Waals surface area contributed by atoms with Crippen LogP contribution in [0, 0.1) is 0 Å². The van der Waals surface area contributed by atoms with Gasteiger partial charge in [-0.05, 0) is 29.3 Å². The van der Waals surface area contributed by atoms with Crippen molar-refractivity contribution in [3.63, 3.8) is 0 Å². The van der Waals surface area contributed by atoms with E-state index in [1.54, 1.807) is 0 Å². The van der Waals surface area contributed by atoms with Gasteiger partial charge < -0.3 is 9.47 Å². The maximum atomic E-state index is 12.9. The number of morpholine rings is 1. The fourth-order valence-corrected chi connectivity index (χ4v) is 6.41. The summed E-state index contributed by atoms with van der Waals surface area (Å²) in [5.74, 6) is -1.51. The zero-order valence-electron chi connectivity index (χ0n) is 21.1. The molecule has 1 aromatic heterocycles. The Morgan fingerprint density at radius 1 is 0.975 bits per heavy atom. The maximum absolute atomic E-state index is 12.9. The molecular formula is C28H24ClN3O6S2. The van der Waals surface area contributed by atoms with Gasteiger partial charge in [0.15, 0.2) is 11.7 Å². The van der Waals surface area contributed by atoms with Gasteiger partial charge in [-0.1, -0.05) is 66.2 Å².